The Hall–Kier alpha value is -1.69. The Kier molecular flexibility index (Phi) is 3.95. The van der Waals surface area contributed by atoms with Gasteiger partial charge in [-0.2, -0.15) is 0 Å². The zero-order valence-electron chi connectivity index (χ0n) is 14.5. The van der Waals surface area contributed by atoms with E-state index in [1.807, 2.05) is 4.90 Å². The van der Waals surface area contributed by atoms with Gasteiger partial charge >= 0.3 is 0 Å². The molecule has 2 aliphatic heterocycles. The second kappa shape index (κ2) is 5.99. The number of carbonyl (C=O) groups is 1. The Morgan fingerprint density at radius 2 is 2.04 bits per heavy atom. The van der Waals surface area contributed by atoms with Gasteiger partial charge in [-0.25, -0.2) is 4.98 Å². The van der Waals surface area contributed by atoms with Gasteiger partial charge in [-0.3, -0.25) is 14.5 Å². The number of rotatable bonds is 3. The molecule has 130 valence electrons. The number of hydrogen-bond donors (Lipinski definition) is 1. The molecule has 1 saturated heterocycles. The van der Waals surface area contributed by atoms with Gasteiger partial charge < -0.3 is 9.88 Å². The average Bonchev–Trinajstić information content (AvgIpc) is 3.30. The van der Waals surface area contributed by atoms with Crippen LogP contribution in [0.5, 0.6) is 0 Å². The highest BCUT2D eigenvalue weighted by atomic mass is 16.2. The van der Waals surface area contributed by atoms with Crippen molar-refractivity contribution in [2.75, 3.05) is 13.1 Å². The summed E-state index contributed by atoms with van der Waals surface area (Å²) in [5.41, 5.74) is 1.71. The van der Waals surface area contributed by atoms with E-state index in [2.05, 4.69) is 23.7 Å². The third kappa shape index (κ3) is 2.77. The molecule has 1 aliphatic carbocycles. The van der Waals surface area contributed by atoms with Gasteiger partial charge in [0, 0.05) is 38.0 Å². The maximum atomic E-state index is 12.6. The van der Waals surface area contributed by atoms with Crippen molar-refractivity contribution in [2.24, 2.45) is 5.92 Å². The van der Waals surface area contributed by atoms with Gasteiger partial charge in [-0.15, -0.1) is 0 Å². The normalized spacial score (nSPS) is 24.5. The van der Waals surface area contributed by atoms with Crippen LogP contribution in [-0.4, -0.2) is 44.8 Å². The van der Waals surface area contributed by atoms with Crippen molar-refractivity contribution >= 4 is 5.91 Å². The second-order valence-corrected chi connectivity index (χ2v) is 7.65. The molecule has 3 heterocycles. The van der Waals surface area contributed by atoms with E-state index in [-0.39, 0.29) is 23.4 Å². The van der Waals surface area contributed by atoms with Crippen LogP contribution in [0.25, 0.3) is 0 Å². The minimum absolute atomic E-state index is 0.0222. The first-order valence-electron chi connectivity index (χ1n) is 9.21. The van der Waals surface area contributed by atoms with E-state index < -0.39 is 0 Å². The Morgan fingerprint density at radius 1 is 1.25 bits per heavy atom. The number of likely N-dealkylation sites (tertiary alicyclic amines) is 1. The quantitative estimate of drug-likeness (QED) is 0.914. The molecule has 1 N–H and O–H groups in total. The lowest BCUT2D eigenvalue weighted by Crippen LogP contribution is -2.40. The third-order valence-corrected chi connectivity index (χ3v) is 5.62. The monoisotopic (exact) mass is 330 g/mol. The lowest BCUT2D eigenvalue weighted by atomic mass is 10.0. The predicted octanol–water partition coefficient (Wildman–Crippen LogP) is 1.61. The van der Waals surface area contributed by atoms with Gasteiger partial charge in [0.25, 0.3) is 5.56 Å². The SMILES string of the molecule is CC(C)N1CCc2nc(C3CCCN3C(=O)C3CC3)[nH]c(=O)c2C1. The van der Waals surface area contributed by atoms with Crippen molar-refractivity contribution < 1.29 is 4.79 Å². The smallest absolute Gasteiger partial charge is 0.255 e. The molecular weight excluding hydrogens is 304 g/mol. The molecule has 0 aromatic carbocycles. The molecule has 6 nitrogen and oxygen atoms in total. The summed E-state index contributed by atoms with van der Waals surface area (Å²) < 4.78 is 0. The van der Waals surface area contributed by atoms with Crippen LogP contribution < -0.4 is 5.56 Å². The summed E-state index contributed by atoms with van der Waals surface area (Å²) in [5.74, 6) is 1.17. The Labute approximate surface area is 142 Å². The Morgan fingerprint density at radius 3 is 2.75 bits per heavy atom. The van der Waals surface area contributed by atoms with Crippen LogP contribution in [0.3, 0.4) is 0 Å². The summed E-state index contributed by atoms with van der Waals surface area (Å²) in [6.45, 7) is 6.71. The molecule has 2 fully saturated rings. The summed E-state index contributed by atoms with van der Waals surface area (Å²) in [7, 11) is 0. The van der Waals surface area contributed by atoms with E-state index in [1.165, 1.54) is 0 Å². The molecule has 1 amide bonds. The van der Waals surface area contributed by atoms with Crippen LogP contribution in [0.1, 0.15) is 62.7 Å². The standard InChI is InChI=1S/C18H26N4O2/c1-11(2)21-9-7-14-13(10-21)17(23)20-16(19-14)15-4-3-8-22(15)18(24)12-5-6-12/h11-12,15H,3-10H2,1-2H3,(H,19,20,23). The van der Waals surface area contributed by atoms with Crippen LogP contribution in [-0.2, 0) is 17.8 Å². The summed E-state index contributed by atoms with van der Waals surface area (Å²) in [4.78, 5) is 37.1. The molecule has 24 heavy (non-hydrogen) atoms. The van der Waals surface area contributed by atoms with Gasteiger partial charge in [-0.1, -0.05) is 0 Å². The van der Waals surface area contributed by atoms with E-state index in [1.54, 1.807) is 0 Å². The van der Waals surface area contributed by atoms with Gasteiger partial charge in [0.1, 0.15) is 5.82 Å². The van der Waals surface area contributed by atoms with Crippen molar-refractivity contribution in [1.82, 2.24) is 19.8 Å². The number of fused-ring (bicyclic) bond motifs is 1. The molecule has 4 rings (SSSR count). The Bertz CT molecular complexity index is 707. The van der Waals surface area contributed by atoms with E-state index >= 15 is 0 Å². The fraction of sp³-hybridized carbons (Fsp3) is 0.722. The minimum atomic E-state index is -0.0424. The third-order valence-electron chi connectivity index (χ3n) is 5.62. The first-order valence-corrected chi connectivity index (χ1v) is 9.21. The van der Waals surface area contributed by atoms with Crippen LogP contribution in [0, 0.1) is 5.92 Å². The van der Waals surface area contributed by atoms with E-state index in [4.69, 9.17) is 4.98 Å². The first kappa shape index (κ1) is 15.8. The molecule has 0 radical (unpaired) electrons. The largest absolute Gasteiger partial charge is 0.332 e. The molecule has 3 aliphatic rings. The van der Waals surface area contributed by atoms with Gasteiger partial charge in [0.05, 0.1) is 17.3 Å². The van der Waals surface area contributed by atoms with Gasteiger partial charge in [0.2, 0.25) is 5.91 Å². The zero-order chi connectivity index (χ0) is 16.8. The minimum Gasteiger partial charge on any atom is -0.332 e. The number of nitrogens with zero attached hydrogens (tertiary/aromatic N) is 3. The van der Waals surface area contributed by atoms with Crippen molar-refractivity contribution in [3.05, 3.63) is 27.4 Å². The molecule has 6 heteroatoms. The number of aromatic amines is 1. The number of hydrogen-bond acceptors (Lipinski definition) is 4. The summed E-state index contributed by atoms with van der Waals surface area (Å²) in [5, 5.41) is 0. The molecule has 0 bridgehead atoms. The molecule has 1 aromatic rings. The number of aromatic nitrogens is 2. The van der Waals surface area contributed by atoms with E-state index in [9.17, 15) is 9.59 Å². The molecule has 1 unspecified atom stereocenters. The van der Waals surface area contributed by atoms with E-state index in [0.717, 1.165) is 56.5 Å². The lowest BCUT2D eigenvalue weighted by Gasteiger charge is -2.31. The number of H-pyrrole nitrogens is 1. The highest BCUT2D eigenvalue weighted by molar-refractivity contribution is 5.81. The summed E-state index contributed by atoms with van der Waals surface area (Å²) in [6.07, 6.45) is 4.74. The van der Waals surface area contributed by atoms with Crippen molar-refractivity contribution in [3.63, 3.8) is 0 Å². The predicted molar refractivity (Wildman–Crippen MR) is 90.5 cm³/mol. The van der Waals surface area contributed by atoms with E-state index in [0.29, 0.717) is 18.4 Å². The van der Waals surface area contributed by atoms with Crippen molar-refractivity contribution in [2.45, 2.75) is 64.6 Å². The zero-order valence-corrected chi connectivity index (χ0v) is 14.5. The Balaban J connectivity index is 1.62. The maximum absolute atomic E-state index is 12.6. The van der Waals surface area contributed by atoms with Crippen molar-refractivity contribution in [1.29, 1.82) is 0 Å². The van der Waals surface area contributed by atoms with Crippen LogP contribution in [0.4, 0.5) is 0 Å². The highest BCUT2D eigenvalue weighted by Crippen LogP contribution is 2.37. The fourth-order valence-electron chi connectivity index (χ4n) is 3.94. The average molecular weight is 330 g/mol. The molecule has 1 saturated carbocycles. The van der Waals surface area contributed by atoms with Crippen molar-refractivity contribution in [3.8, 4) is 0 Å². The molecular formula is C18H26N4O2. The van der Waals surface area contributed by atoms with Crippen LogP contribution in [0.2, 0.25) is 0 Å². The summed E-state index contributed by atoms with van der Waals surface area (Å²) in [6, 6.07) is 0.387. The number of amides is 1. The second-order valence-electron chi connectivity index (χ2n) is 7.65. The maximum Gasteiger partial charge on any atom is 0.255 e. The topological polar surface area (TPSA) is 69.3 Å². The molecule has 0 spiro atoms. The number of nitrogens with one attached hydrogen (secondary N) is 1. The summed E-state index contributed by atoms with van der Waals surface area (Å²) >= 11 is 0. The molecule has 1 aromatic heterocycles. The van der Waals surface area contributed by atoms with Crippen LogP contribution >= 0.6 is 0 Å². The lowest BCUT2D eigenvalue weighted by molar-refractivity contribution is -0.133. The first-order chi connectivity index (χ1) is 11.5. The fourth-order valence-corrected chi connectivity index (χ4v) is 3.94. The van der Waals surface area contributed by atoms with Gasteiger partial charge in [-0.05, 0) is 39.5 Å². The molecule has 1 atom stereocenters. The van der Waals surface area contributed by atoms with Crippen LogP contribution in [0.15, 0.2) is 4.79 Å². The highest BCUT2D eigenvalue weighted by Gasteiger charge is 2.40. The number of carbonyl (C=O) groups excluding carboxylic acids is 1. The van der Waals surface area contributed by atoms with Gasteiger partial charge in [0.15, 0.2) is 0 Å².